The number of likely N-dealkylation sites (tertiary alicyclic amines) is 1. The van der Waals surface area contributed by atoms with E-state index in [1.165, 1.54) is 15.5 Å². The van der Waals surface area contributed by atoms with Gasteiger partial charge in [-0.15, -0.1) is 0 Å². The number of alkyl halides is 2. The molecule has 2 aromatic carbocycles. The lowest BCUT2D eigenvalue weighted by Crippen LogP contribution is -2.51. The molecule has 3 heterocycles. The number of nitrogens with zero attached hydrogens (tertiary/aromatic N) is 4. The van der Waals surface area contributed by atoms with E-state index in [1.807, 2.05) is 18.2 Å². The van der Waals surface area contributed by atoms with Gasteiger partial charge in [0.2, 0.25) is 5.92 Å². The Labute approximate surface area is 239 Å². The number of urea groups is 1. The van der Waals surface area contributed by atoms with E-state index in [0.29, 0.717) is 25.1 Å². The summed E-state index contributed by atoms with van der Waals surface area (Å²) < 4.78 is 44.4. The number of rotatable bonds is 5. The summed E-state index contributed by atoms with van der Waals surface area (Å²) in [7, 11) is 0. The van der Waals surface area contributed by atoms with E-state index in [2.05, 4.69) is 5.32 Å². The van der Waals surface area contributed by atoms with E-state index in [9.17, 15) is 28.0 Å². The predicted molar refractivity (Wildman–Crippen MR) is 150 cm³/mol. The first-order chi connectivity index (χ1) is 19.9. The first-order valence-electron chi connectivity index (χ1n) is 14.2. The number of amides is 3. The van der Waals surface area contributed by atoms with Crippen LogP contribution in [0.1, 0.15) is 61.5 Å². The Balaban J connectivity index is 1.25. The number of aromatic nitrogens is 2. The molecule has 9 nitrogen and oxygen atoms in total. The van der Waals surface area contributed by atoms with Crippen LogP contribution in [0.4, 0.5) is 23.7 Å². The molecule has 0 bridgehead atoms. The normalized spacial score (nSPS) is 20.2. The minimum absolute atomic E-state index is 0.00281. The van der Waals surface area contributed by atoms with Crippen molar-refractivity contribution in [3.05, 3.63) is 74.2 Å². The van der Waals surface area contributed by atoms with Crippen LogP contribution in [-0.4, -0.2) is 55.9 Å². The average Bonchev–Trinajstić information content (AvgIpc) is 3.27. The molecule has 2 fully saturated rings. The highest BCUT2D eigenvalue weighted by Crippen LogP contribution is 2.42. The molecule has 1 saturated carbocycles. The van der Waals surface area contributed by atoms with Crippen LogP contribution in [-0.2, 0) is 13.1 Å². The Morgan fingerprint density at radius 2 is 1.86 bits per heavy atom. The van der Waals surface area contributed by atoms with Gasteiger partial charge in [0.25, 0.3) is 11.5 Å². The van der Waals surface area contributed by atoms with Crippen LogP contribution < -0.4 is 16.6 Å². The van der Waals surface area contributed by atoms with Crippen molar-refractivity contribution in [2.45, 2.75) is 70.6 Å². The summed E-state index contributed by atoms with van der Waals surface area (Å²) in [6.45, 7) is 4.40. The summed E-state index contributed by atoms with van der Waals surface area (Å²) in [6.07, 6.45) is 0.571. The lowest BCUT2D eigenvalue weighted by atomic mass is 9.81. The van der Waals surface area contributed by atoms with Gasteiger partial charge in [0.1, 0.15) is 5.82 Å². The highest BCUT2D eigenvalue weighted by molar-refractivity contribution is 5.98. The average molecular weight is 584 g/mol. The third-order valence-electron chi connectivity index (χ3n) is 8.60. The van der Waals surface area contributed by atoms with Crippen LogP contribution in [0, 0.1) is 11.7 Å². The molecule has 1 aromatic heterocycles. The first-order valence-corrected chi connectivity index (χ1v) is 14.2. The highest BCUT2D eigenvalue weighted by Gasteiger charge is 2.45. The van der Waals surface area contributed by atoms with E-state index in [0.717, 1.165) is 22.6 Å². The van der Waals surface area contributed by atoms with Crippen molar-refractivity contribution < 1.29 is 22.8 Å². The number of fused-ring (bicyclic) bond motifs is 2. The second kappa shape index (κ2) is 10.3. The van der Waals surface area contributed by atoms with Gasteiger partial charge in [-0.05, 0) is 50.3 Å². The maximum absolute atomic E-state index is 15.3. The Hall–Kier alpha value is -4.09. The van der Waals surface area contributed by atoms with Gasteiger partial charge in [-0.3, -0.25) is 18.7 Å². The van der Waals surface area contributed by atoms with Gasteiger partial charge >= 0.3 is 11.7 Å². The number of nitrogens with one attached hydrogen (secondary N) is 1. The third-order valence-corrected chi connectivity index (χ3v) is 8.60. The molecule has 1 atom stereocenters. The largest absolute Gasteiger partial charge is 0.331 e. The summed E-state index contributed by atoms with van der Waals surface area (Å²) in [5.74, 6) is -4.22. The first kappa shape index (κ1) is 28.0. The minimum atomic E-state index is -2.80. The van der Waals surface area contributed by atoms with Crippen molar-refractivity contribution in [2.24, 2.45) is 5.92 Å². The molecular formula is C30H32F3N5O4. The van der Waals surface area contributed by atoms with E-state index in [1.54, 1.807) is 24.8 Å². The van der Waals surface area contributed by atoms with Crippen molar-refractivity contribution in [3.63, 3.8) is 0 Å². The molecule has 3 aliphatic rings. The Kier molecular flexibility index (Phi) is 6.89. The van der Waals surface area contributed by atoms with Crippen molar-refractivity contribution in [2.75, 3.05) is 18.4 Å². The number of hydrogen-bond donors (Lipinski definition) is 1. The number of anilines is 1. The van der Waals surface area contributed by atoms with Crippen molar-refractivity contribution in [1.82, 2.24) is 18.9 Å². The number of halogens is 3. The van der Waals surface area contributed by atoms with Gasteiger partial charge < -0.3 is 15.1 Å². The highest BCUT2D eigenvalue weighted by atomic mass is 19.3. The molecule has 3 aromatic rings. The van der Waals surface area contributed by atoms with E-state index in [4.69, 9.17) is 0 Å². The molecule has 2 aliphatic heterocycles. The molecule has 3 amide bonds. The number of benzene rings is 2. The zero-order chi connectivity index (χ0) is 29.9. The van der Waals surface area contributed by atoms with Crippen LogP contribution in [0.2, 0.25) is 0 Å². The standard InChI is InChI=1S/C30H32F3N5O4/c1-17(2)38-25-11-23(31)24(10-22(25)27(40)37(29(38)42)14-18-12-30(32,33)13-18)34-28(41)35-9-5-7-20(16-35)36-15-19-6-3-4-8-21(19)26(36)39/h3-4,6,8,10-11,17-18,20H,5,7,9,12-16H2,1-2H3,(H,34,41)/t20-/m1/s1. The van der Waals surface area contributed by atoms with Crippen molar-refractivity contribution in [3.8, 4) is 0 Å². The van der Waals surface area contributed by atoms with E-state index < -0.39 is 53.8 Å². The zero-order valence-electron chi connectivity index (χ0n) is 23.4. The van der Waals surface area contributed by atoms with Crippen LogP contribution in [0.5, 0.6) is 0 Å². The molecule has 222 valence electrons. The van der Waals surface area contributed by atoms with E-state index in [-0.39, 0.29) is 41.6 Å². The second-order valence-corrected chi connectivity index (χ2v) is 11.9. The van der Waals surface area contributed by atoms with Gasteiger partial charge in [-0.2, -0.15) is 0 Å². The van der Waals surface area contributed by atoms with Crippen LogP contribution in [0.25, 0.3) is 10.9 Å². The smallest absolute Gasteiger partial charge is 0.330 e. The third kappa shape index (κ3) is 4.86. The predicted octanol–water partition coefficient (Wildman–Crippen LogP) is 4.58. The fraction of sp³-hybridized carbons (Fsp3) is 0.467. The van der Waals surface area contributed by atoms with Gasteiger partial charge in [-0.25, -0.2) is 22.8 Å². The van der Waals surface area contributed by atoms with Crippen LogP contribution in [0.15, 0.2) is 46.0 Å². The number of hydrogen-bond acceptors (Lipinski definition) is 4. The second-order valence-electron chi connectivity index (χ2n) is 11.9. The Morgan fingerprint density at radius 1 is 1.12 bits per heavy atom. The molecule has 42 heavy (non-hydrogen) atoms. The molecule has 0 radical (unpaired) electrons. The maximum Gasteiger partial charge on any atom is 0.331 e. The lowest BCUT2D eigenvalue weighted by molar-refractivity contribution is -0.114. The van der Waals surface area contributed by atoms with Gasteiger partial charge in [0.05, 0.1) is 22.6 Å². The van der Waals surface area contributed by atoms with Gasteiger partial charge in [-0.1, -0.05) is 18.2 Å². The zero-order valence-corrected chi connectivity index (χ0v) is 23.4. The quantitative estimate of drug-likeness (QED) is 0.476. The summed E-state index contributed by atoms with van der Waals surface area (Å²) in [6, 6.07) is 8.45. The summed E-state index contributed by atoms with van der Waals surface area (Å²) in [5.41, 5.74) is 0.0326. The Morgan fingerprint density at radius 3 is 2.55 bits per heavy atom. The number of carbonyl (C=O) groups is 2. The molecule has 12 heteroatoms. The monoisotopic (exact) mass is 583 g/mol. The molecule has 1 N–H and O–H groups in total. The SMILES string of the molecule is CC(C)n1c(=O)n(CC2CC(F)(F)C2)c(=O)c2cc(NC(=O)N3CCC[C@@H](N4Cc5ccccc5C4=O)C3)c(F)cc21. The molecular weight excluding hydrogens is 551 g/mol. The van der Waals surface area contributed by atoms with Crippen molar-refractivity contribution >= 4 is 28.5 Å². The summed E-state index contributed by atoms with van der Waals surface area (Å²) in [5, 5.41) is 2.57. The van der Waals surface area contributed by atoms with Crippen molar-refractivity contribution in [1.29, 1.82) is 0 Å². The lowest BCUT2D eigenvalue weighted by Gasteiger charge is -2.37. The van der Waals surface area contributed by atoms with Gasteiger partial charge in [0.15, 0.2) is 0 Å². The van der Waals surface area contributed by atoms with Crippen LogP contribution >= 0.6 is 0 Å². The molecule has 1 saturated heterocycles. The van der Waals surface area contributed by atoms with Crippen LogP contribution in [0.3, 0.4) is 0 Å². The van der Waals surface area contributed by atoms with Gasteiger partial charge in [0, 0.05) is 56.7 Å². The Bertz CT molecular complexity index is 1710. The molecule has 0 unspecified atom stereocenters. The number of piperidine rings is 1. The minimum Gasteiger partial charge on any atom is -0.330 e. The molecule has 0 spiro atoms. The fourth-order valence-electron chi connectivity index (χ4n) is 6.49. The fourth-order valence-corrected chi connectivity index (χ4v) is 6.49. The number of carbonyl (C=O) groups excluding carboxylic acids is 2. The molecule has 6 rings (SSSR count). The van der Waals surface area contributed by atoms with E-state index >= 15 is 4.39 Å². The molecule has 1 aliphatic carbocycles. The topological polar surface area (TPSA) is 96.6 Å². The maximum atomic E-state index is 15.3. The summed E-state index contributed by atoms with van der Waals surface area (Å²) in [4.78, 5) is 56.2. The summed E-state index contributed by atoms with van der Waals surface area (Å²) >= 11 is 0.